The molecule has 0 fully saturated rings. The van der Waals surface area contributed by atoms with Crippen LogP contribution < -0.4 is 5.56 Å². The fraction of sp³-hybridized carbons (Fsp3) is 0.333. The van der Waals surface area contributed by atoms with Gasteiger partial charge in [-0.2, -0.15) is 4.98 Å². The maximum atomic E-state index is 13.5. The highest BCUT2D eigenvalue weighted by molar-refractivity contribution is 5.23. The fourth-order valence-electron chi connectivity index (χ4n) is 2.61. The van der Waals surface area contributed by atoms with Crippen LogP contribution in [0.25, 0.3) is 0 Å². The lowest BCUT2D eigenvalue weighted by Gasteiger charge is -2.05. The van der Waals surface area contributed by atoms with E-state index < -0.39 is 11.6 Å². The van der Waals surface area contributed by atoms with Gasteiger partial charge in [0.25, 0.3) is 5.56 Å². The van der Waals surface area contributed by atoms with E-state index >= 15 is 0 Å². The molecule has 0 saturated carbocycles. The molecular formula is C15H14F2N2O. The van der Waals surface area contributed by atoms with E-state index in [9.17, 15) is 13.6 Å². The van der Waals surface area contributed by atoms with E-state index in [4.69, 9.17) is 0 Å². The Bertz CT molecular complexity index is 710. The molecule has 104 valence electrons. The molecule has 2 aromatic rings. The van der Waals surface area contributed by atoms with E-state index in [0.29, 0.717) is 24.2 Å². The third-order valence-electron chi connectivity index (χ3n) is 3.65. The van der Waals surface area contributed by atoms with Gasteiger partial charge in [0.2, 0.25) is 0 Å². The van der Waals surface area contributed by atoms with Crippen molar-refractivity contribution in [2.75, 3.05) is 0 Å². The SMILES string of the molecule is O=c1nc(CCc2ccc(F)cc2F)[nH]c2c1CCC2. The van der Waals surface area contributed by atoms with Crippen molar-refractivity contribution in [1.29, 1.82) is 0 Å². The average Bonchev–Trinajstić information content (AvgIpc) is 2.86. The minimum absolute atomic E-state index is 0.175. The zero-order chi connectivity index (χ0) is 14.1. The Morgan fingerprint density at radius 3 is 2.85 bits per heavy atom. The first-order chi connectivity index (χ1) is 9.63. The zero-order valence-electron chi connectivity index (χ0n) is 10.9. The van der Waals surface area contributed by atoms with Crippen LogP contribution in [0.4, 0.5) is 8.78 Å². The summed E-state index contributed by atoms with van der Waals surface area (Å²) in [6.45, 7) is 0. The zero-order valence-corrected chi connectivity index (χ0v) is 10.9. The number of hydrogen-bond donors (Lipinski definition) is 1. The molecule has 0 spiro atoms. The summed E-state index contributed by atoms with van der Waals surface area (Å²) in [6.07, 6.45) is 3.44. The molecule has 0 atom stereocenters. The van der Waals surface area contributed by atoms with Gasteiger partial charge < -0.3 is 4.98 Å². The molecule has 1 aromatic heterocycles. The number of rotatable bonds is 3. The monoisotopic (exact) mass is 276 g/mol. The Hall–Kier alpha value is -2.04. The molecule has 0 saturated heterocycles. The van der Waals surface area contributed by atoms with Crippen molar-refractivity contribution < 1.29 is 8.78 Å². The van der Waals surface area contributed by atoms with E-state index in [1.807, 2.05) is 0 Å². The third kappa shape index (κ3) is 2.48. The second kappa shape index (κ2) is 5.15. The van der Waals surface area contributed by atoms with Gasteiger partial charge in [-0.25, -0.2) is 8.78 Å². The minimum atomic E-state index is -0.588. The molecule has 0 bridgehead atoms. The number of hydrogen-bond acceptors (Lipinski definition) is 2. The highest BCUT2D eigenvalue weighted by Crippen LogP contribution is 2.16. The normalized spacial score (nSPS) is 13.5. The van der Waals surface area contributed by atoms with Crippen LogP contribution in [-0.2, 0) is 25.7 Å². The summed E-state index contributed by atoms with van der Waals surface area (Å²) in [6, 6.07) is 3.53. The van der Waals surface area contributed by atoms with E-state index in [-0.39, 0.29) is 5.56 Å². The van der Waals surface area contributed by atoms with Crippen LogP contribution in [0.5, 0.6) is 0 Å². The van der Waals surface area contributed by atoms with Gasteiger partial charge in [-0.05, 0) is 37.3 Å². The number of aromatic amines is 1. The summed E-state index contributed by atoms with van der Waals surface area (Å²) >= 11 is 0. The van der Waals surface area contributed by atoms with Crippen LogP contribution in [0, 0.1) is 11.6 Å². The van der Waals surface area contributed by atoms with Crippen LogP contribution >= 0.6 is 0 Å². The van der Waals surface area contributed by atoms with E-state index in [1.165, 1.54) is 12.1 Å². The first-order valence-electron chi connectivity index (χ1n) is 6.68. The van der Waals surface area contributed by atoms with Crippen LogP contribution in [0.2, 0.25) is 0 Å². The Morgan fingerprint density at radius 1 is 1.20 bits per heavy atom. The first kappa shape index (κ1) is 13.0. The van der Waals surface area contributed by atoms with Gasteiger partial charge in [0.1, 0.15) is 17.5 Å². The number of nitrogens with zero attached hydrogens (tertiary/aromatic N) is 1. The lowest BCUT2D eigenvalue weighted by atomic mass is 10.1. The second-order valence-electron chi connectivity index (χ2n) is 5.04. The molecule has 0 aliphatic heterocycles. The minimum Gasteiger partial charge on any atom is -0.347 e. The second-order valence-corrected chi connectivity index (χ2v) is 5.04. The summed E-state index contributed by atoms with van der Waals surface area (Å²) in [5, 5.41) is 0. The van der Waals surface area contributed by atoms with Crippen molar-refractivity contribution in [3.63, 3.8) is 0 Å². The molecule has 0 unspecified atom stereocenters. The Kier molecular flexibility index (Phi) is 3.34. The molecule has 0 amide bonds. The Labute approximate surface area is 114 Å². The van der Waals surface area contributed by atoms with Gasteiger partial charge in [-0.15, -0.1) is 0 Å². The summed E-state index contributed by atoms with van der Waals surface area (Å²) in [5.41, 5.74) is 1.99. The molecule has 5 heteroatoms. The van der Waals surface area contributed by atoms with Crippen LogP contribution in [0.3, 0.4) is 0 Å². The molecule has 1 heterocycles. The van der Waals surface area contributed by atoms with E-state index in [2.05, 4.69) is 9.97 Å². The quantitative estimate of drug-likeness (QED) is 0.935. The van der Waals surface area contributed by atoms with Gasteiger partial charge in [0.15, 0.2) is 0 Å². The number of halogens is 2. The molecule has 1 aliphatic rings. The summed E-state index contributed by atoms with van der Waals surface area (Å²) in [5.74, 6) is -0.580. The predicted molar refractivity (Wildman–Crippen MR) is 70.6 cm³/mol. The summed E-state index contributed by atoms with van der Waals surface area (Å²) in [4.78, 5) is 19.0. The van der Waals surface area contributed by atoms with Crippen molar-refractivity contribution >= 4 is 0 Å². The van der Waals surface area contributed by atoms with Crippen molar-refractivity contribution in [3.8, 4) is 0 Å². The lowest BCUT2D eigenvalue weighted by molar-refractivity contribution is 0.570. The molecule has 1 aliphatic carbocycles. The average molecular weight is 276 g/mol. The standard InChI is InChI=1S/C15H14F2N2O/c16-10-6-4-9(12(17)8-10)5-7-14-18-13-3-1-2-11(13)15(20)19-14/h4,6,8H,1-3,5,7H2,(H,18,19,20). The number of aryl methyl sites for hydroxylation is 3. The smallest absolute Gasteiger partial charge is 0.276 e. The molecule has 0 radical (unpaired) electrons. The fourth-order valence-corrected chi connectivity index (χ4v) is 2.61. The lowest BCUT2D eigenvalue weighted by Crippen LogP contribution is -2.17. The molecule has 3 rings (SSSR count). The van der Waals surface area contributed by atoms with E-state index in [1.54, 1.807) is 0 Å². The number of nitrogens with one attached hydrogen (secondary N) is 1. The predicted octanol–water partition coefficient (Wildman–Crippen LogP) is 2.32. The summed E-state index contributed by atoms with van der Waals surface area (Å²) in [7, 11) is 0. The van der Waals surface area contributed by atoms with Gasteiger partial charge in [0, 0.05) is 23.7 Å². The number of aromatic nitrogens is 2. The van der Waals surface area contributed by atoms with Crippen molar-refractivity contribution in [3.05, 3.63) is 62.8 Å². The number of benzene rings is 1. The van der Waals surface area contributed by atoms with Gasteiger partial charge >= 0.3 is 0 Å². The highest BCUT2D eigenvalue weighted by atomic mass is 19.1. The topological polar surface area (TPSA) is 45.8 Å². The van der Waals surface area contributed by atoms with Crippen LogP contribution in [0.15, 0.2) is 23.0 Å². The Morgan fingerprint density at radius 2 is 2.05 bits per heavy atom. The van der Waals surface area contributed by atoms with E-state index in [0.717, 1.165) is 36.6 Å². The first-order valence-corrected chi connectivity index (χ1v) is 6.68. The largest absolute Gasteiger partial charge is 0.347 e. The molecular weight excluding hydrogens is 262 g/mol. The van der Waals surface area contributed by atoms with Gasteiger partial charge in [-0.3, -0.25) is 4.79 Å². The maximum absolute atomic E-state index is 13.5. The van der Waals surface area contributed by atoms with Gasteiger partial charge in [0.05, 0.1) is 0 Å². The van der Waals surface area contributed by atoms with Crippen molar-refractivity contribution in [2.24, 2.45) is 0 Å². The number of fused-ring (bicyclic) bond motifs is 1. The third-order valence-corrected chi connectivity index (χ3v) is 3.65. The molecule has 1 aromatic carbocycles. The highest BCUT2D eigenvalue weighted by Gasteiger charge is 2.16. The molecule has 1 N–H and O–H groups in total. The molecule has 20 heavy (non-hydrogen) atoms. The van der Waals surface area contributed by atoms with Crippen LogP contribution in [-0.4, -0.2) is 9.97 Å². The van der Waals surface area contributed by atoms with Gasteiger partial charge in [-0.1, -0.05) is 6.07 Å². The van der Waals surface area contributed by atoms with Crippen LogP contribution in [0.1, 0.15) is 29.1 Å². The van der Waals surface area contributed by atoms with Crippen molar-refractivity contribution in [1.82, 2.24) is 9.97 Å². The summed E-state index contributed by atoms with van der Waals surface area (Å²) < 4.78 is 26.3. The number of H-pyrrole nitrogens is 1. The Balaban J connectivity index is 1.79. The maximum Gasteiger partial charge on any atom is 0.276 e. The molecule has 3 nitrogen and oxygen atoms in total. The van der Waals surface area contributed by atoms with Crippen molar-refractivity contribution in [2.45, 2.75) is 32.1 Å².